The first-order chi connectivity index (χ1) is 9.85. The van der Waals surface area contributed by atoms with Crippen molar-refractivity contribution < 1.29 is 4.74 Å². The summed E-state index contributed by atoms with van der Waals surface area (Å²) in [6.07, 6.45) is 6.22. The van der Waals surface area contributed by atoms with Crippen LogP contribution in [0.1, 0.15) is 12.0 Å². The lowest BCUT2D eigenvalue weighted by Gasteiger charge is -2.18. The Morgan fingerprint density at radius 3 is 2.80 bits per heavy atom. The lowest BCUT2D eigenvalue weighted by atomic mass is 10.3. The minimum absolute atomic E-state index is 0.128. The molecule has 0 aromatic carbocycles. The van der Waals surface area contributed by atoms with Crippen molar-refractivity contribution in [1.82, 2.24) is 9.97 Å². The number of pyridine rings is 2. The highest BCUT2D eigenvalue weighted by Gasteiger charge is 2.24. The number of ether oxygens (including phenoxy) is 1. The molecule has 3 rings (SSSR count). The molecule has 2 aromatic rings. The highest BCUT2D eigenvalue weighted by atomic mass is 16.5. The van der Waals surface area contributed by atoms with Crippen LogP contribution in [0, 0.1) is 11.3 Å². The van der Waals surface area contributed by atoms with Gasteiger partial charge in [-0.05, 0) is 18.2 Å². The number of nitrogens with zero attached hydrogens (tertiary/aromatic N) is 4. The summed E-state index contributed by atoms with van der Waals surface area (Å²) in [4.78, 5) is 10.4. The van der Waals surface area contributed by atoms with E-state index in [1.54, 1.807) is 24.5 Å². The van der Waals surface area contributed by atoms with E-state index in [1.165, 1.54) is 11.9 Å². The van der Waals surface area contributed by atoms with E-state index in [9.17, 15) is 0 Å². The Kier molecular flexibility index (Phi) is 3.46. The quantitative estimate of drug-likeness (QED) is 0.850. The van der Waals surface area contributed by atoms with Gasteiger partial charge in [-0.25, -0.2) is 4.98 Å². The Balaban J connectivity index is 1.61. The molecule has 5 heteroatoms. The van der Waals surface area contributed by atoms with E-state index >= 15 is 0 Å². The molecule has 0 radical (unpaired) electrons. The van der Waals surface area contributed by atoms with Gasteiger partial charge < -0.3 is 9.64 Å². The van der Waals surface area contributed by atoms with Gasteiger partial charge in [0.25, 0.3) is 0 Å². The topological polar surface area (TPSA) is 62.0 Å². The number of hydrogen-bond donors (Lipinski definition) is 0. The van der Waals surface area contributed by atoms with Crippen LogP contribution in [-0.2, 0) is 0 Å². The third-order valence-electron chi connectivity index (χ3n) is 3.33. The number of rotatable bonds is 3. The molecular formula is C15H14N4O. The number of nitriles is 1. The highest BCUT2D eigenvalue weighted by molar-refractivity contribution is 5.45. The summed E-state index contributed by atoms with van der Waals surface area (Å²) in [6, 6.07) is 9.51. The zero-order chi connectivity index (χ0) is 13.8. The monoisotopic (exact) mass is 266 g/mol. The second-order valence-electron chi connectivity index (χ2n) is 4.68. The Bertz CT molecular complexity index is 606. The van der Waals surface area contributed by atoms with Crippen molar-refractivity contribution in [2.45, 2.75) is 12.5 Å². The summed E-state index contributed by atoms with van der Waals surface area (Å²) in [6.45, 7) is 1.80. The maximum atomic E-state index is 8.73. The van der Waals surface area contributed by atoms with Crippen LogP contribution < -0.4 is 9.64 Å². The Labute approximate surface area is 117 Å². The molecule has 5 nitrogen and oxygen atoms in total. The van der Waals surface area contributed by atoms with Crippen molar-refractivity contribution in [2.75, 3.05) is 18.0 Å². The van der Waals surface area contributed by atoms with E-state index in [2.05, 4.69) is 14.9 Å². The standard InChI is InChI=1S/C15H14N4O/c16-9-12-1-2-15(18-10-12)20-14-5-8-19(11-14)13-3-6-17-7-4-13/h1-4,6-7,10,14H,5,8,11H2. The van der Waals surface area contributed by atoms with Crippen molar-refractivity contribution in [2.24, 2.45) is 0 Å². The maximum Gasteiger partial charge on any atom is 0.213 e. The van der Waals surface area contributed by atoms with Crippen molar-refractivity contribution in [1.29, 1.82) is 5.26 Å². The fourth-order valence-electron chi connectivity index (χ4n) is 2.30. The second-order valence-corrected chi connectivity index (χ2v) is 4.68. The molecular weight excluding hydrogens is 252 g/mol. The molecule has 0 bridgehead atoms. The van der Waals surface area contributed by atoms with Gasteiger partial charge in [0.2, 0.25) is 5.88 Å². The van der Waals surface area contributed by atoms with Crippen LogP contribution in [0.5, 0.6) is 5.88 Å². The molecule has 3 heterocycles. The van der Waals surface area contributed by atoms with Gasteiger partial charge in [0.1, 0.15) is 12.2 Å². The molecule has 20 heavy (non-hydrogen) atoms. The van der Waals surface area contributed by atoms with Gasteiger partial charge in [-0.15, -0.1) is 0 Å². The number of aromatic nitrogens is 2. The van der Waals surface area contributed by atoms with Gasteiger partial charge in [-0.3, -0.25) is 4.98 Å². The summed E-state index contributed by atoms with van der Waals surface area (Å²) < 4.78 is 5.85. The molecule has 1 unspecified atom stereocenters. The zero-order valence-corrected chi connectivity index (χ0v) is 10.9. The van der Waals surface area contributed by atoms with Crippen LogP contribution in [-0.4, -0.2) is 29.2 Å². The molecule has 2 aromatic heterocycles. The largest absolute Gasteiger partial charge is 0.472 e. The van der Waals surface area contributed by atoms with Gasteiger partial charge in [-0.1, -0.05) is 0 Å². The van der Waals surface area contributed by atoms with Crippen LogP contribution >= 0.6 is 0 Å². The SMILES string of the molecule is N#Cc1ccc(OC2CCN(c3ccncc3)C2)nc1. The second kappa shape index (κ2) is 5.57. The number of hydrogen-bond acceptors (Lipinski definition) is 5. The van der Waals surface area contributed by atoms with E-state index < -0.39 is 0 Å². The molecule has 0 amide bonds. The summed E-state index contributed by atoms with van der Waals surface area (Å²) in [5, 5.41) is 8.73. The maximum absolute atomic E-state index is 8.73. The summed E-state index contributed by atoms with van der Waals surface area (Å²) >= 11 is 0. The lowest BCUT2D eigenvalue weighted by molar-refractivity contribution is 0.216. The molecule has 1 saturated heterocycles. The van der Waals surface area contributed by atoms with Gasteiger partial charge in [0.15, 0.2) is 0 Å². The molecule has 0 N–H and O–H groups in total. The third-order valence-corrected chi connectivity index (χ3v) is 3.33. The van der Waals surface area contributed by atoms with Crippen LogP contribution in [0.15, 0.2) is 42.9 Å². The normalized spacial score (nSPS) is 17.8. The first-order valence-corrected chi connectivity index (χ1v) is 6.53. The van der Waals surface area contributed by atoms with Crippen LogP contribution in [0.25, 0.3) is 0 Å². The zero-order valence-electron chi connectivity index (χ0n) is 10.9. The number of anilines is 1. The fraction of sp³-hybridized carbons (Fsp3) is 0.267. The van der Waals surface area contributed by atoms with Crippen LogP contribution in [0.2, 0.25) is 0 Å². The van der Waals surface area contributed by atoms with Gasteiger partial charge in [0, 0.05) is 43.3 Å². The van der Waals surface area contributed by atoms with Gasteiger partial charge >= 0.3 is 0 Å². The fourth-order valence-corrected chi connectivity index (χ4v) is 2.30. The van der Waals surface area contributed by atoms with E-state index in [0.717, 1.165) is 19.5 Å². The smallest absolute Gasteiger partial charge is 0.213 e. The average molecular weight is 266 g/mol. The molecule has 0 spiro atoms. The Morgan fingerprint density at radius 1 is 1.25 bits per heavy atom. The highest BCUT2D eigenvalue weighted by Crippen LogP contribution is 2.22. The van der Waals surface area contributed by atoms with Crippen molar-refractivity contribution in [3.8, 4) is 11.9 Å². The van der Waals surface area contributed by atoms with E-state index in [4.69, 9.17) is 10.00 Å². The molecule has 1 aliphatic heterocycles. The van der Waals surface area contributed by atoms with Crippen molar-refractivity contribution in [3.05, 3.63) is 48.4 Å². The molecule has 0 aliphatic carbocycles. The minimum atomic E-state index is 0.128. The molecule has 1 atom stereocenters. The van der Waals surface area contributed by atoms with E-state index in [1.807, 2.05) is 18.2 Å². The predicted molar refractivity (Wildman–Crippen MR) is 74.4 cm³/mol. The predicted octanol–water partition coefficient (Wildman–Crippen LogP) is 2.01. The summed E-state index contributed by atoms with van der Waals surface area (Å²) in [7, 11) is 0. The Hall–Kier alpha value is -2.61. The molecule has 100 valence electrons. The van der Waals surface area contributed by atoms with Gasteiger partial charge in [0.05, 0.1) is 12.1 Å². The molecule has 1 aliphatic rings. The van der Waals surface area contributed by atoms with E-state index in [-0.39, 0.29) is 6.10 Å². The molecule has 0 saturated carbocycles. The Morgan fingerprint density at radius 2 is 2.10 bits per heavy atom. The lowest BCUT2D eigenvalue weighted by Crippen LogP contribution is -2.24. The first-order valence-electron chi connectivity index (χ1n) is 6.53. The van der Waals surface area contributed by atoms with Crippen molar-refractivity contribution in [3.63, 3.8) is 0 Å². The van der Waals surface area contributed by atoms with E-state index in [0.29, 0.717) is 11.4 Å². The first kappa shape index (κ1) is 12.4. The minimum Gasteiger partial charge on any atom is -0.472 e. The average Bonchev–Trinajstić information content (AvgIpc) is 2.97. The van der Waals surface area contributed by atoms with Crippen LogP contribution in [0.4, 0.5) is 5.69 Å². The third kappa shape index (κ3) is 2.69. The van der Waals surface area contributed by atoms with Gasteiger partial charge in [-0.2, -0.15) is 5.26 Å². The molecule has 1 fully saturated rings. The van der Waals surface area contributed by atoms with Crippen molar-refractivity contribution >= 4 is 5.69 Å². The van der Waals surface area contributed by atoms with Crippen LogP contribution in [0.3, 0.4) is 0 Å². The summed E-state index contributed by atoms with van der Waals surface area (Å²) in [5.74, 6) is 0.575. The summed E-state index contributed by atoms with van der Waals surface area (Å²) in [5.41, 5.74) is 1.71.